The standard InChI is InChI=1S/C21H29N5O/c1-18-8-9-22-26(18)20-6-4-19(5-7-20)21(27)25-16-14-24(15-17-25)13-12-23-10-2-3-11-23/h4-9H,2-3,10-17H2,1H3. The first-order valence-electron chi connectivity index (χ1n) is 10.1. The van der Waals surface area contributed by atoms with E-state index in [0.29, 0.717) is 0 Å². The van der Waals surface area contributed by atoms with E-state index >= 15 is 0 Å². The van der Waals surface area contributed by atoms with Crippen LogP contribution >= 0.6 is 0 Å². The Bertz CT molecular complexity index is 755. The van der Waals surface area contributed by atoms with Crippen LogP contribution in [0.1, 0.15) is 28.9 Å². The fourth-order valence-corrected chi connectivity index (χ4v) is 4.03. The van der Waals surface area contributed by atoms with Crippen LogP contribution in [0.25, 0.3) is 5.69 Å². The van der Waals surface area contributed by atoms with Crippen LogP contribution < -0.4 is 0 Å². The van der Waals surface area contributed by atoms with Crippen LogP contribution in [0.15, 0.2) is 36.5 Å². The number of aromatic nitrogens is 2. The van der Waals surface area contributed by atoms with E-state index in [1.54, 1.807) is 6.20 Å². The number of carbonyl (C=O) groups is 1. The van der Waals surface area contributed by atoms with E-state index in [2.05, 4.69) is 14.9 Å². The van der Waals surface area contributed by atoms with Gasteiger partial charge in [0, 0.05) is 56.7 Å². The third-order valence-electron chi connectivity index (χ3n) is 5.78. The fraction of sp³-hybridized carbons (Fsp3) is 0.524. The van der Waals surface area contributed by atoms with Crippen molar-refractivity contribution in [3.05, 3.63) is 47.8 Å². The number of carbonyl (C=O) groups excluding carboxylic acids is 1. The van der Waals surface area contributed by atoms with Gasteiger partial charge in [0.15, 0.2) is 0 Å². The number of rotatable bonds is 5. The molecular weight excluding hydrogens is 338 g/mol. The lowest BCUT2D eigenvalue weighted by Gasteiger charge is -2.35. The van der Waals surface area contributed by atoms with Gasteiger partial charge in [0.2, 0.25) is 0 Å². The van der Waals surface area contributed by atoms with Crippen molar-refractivity contribution in [3.8, 4) is 5.69 Å². The van der Waals surface area contributed by atoms with Gasteiger partial charge < -0.3 is 9.80 Å². The smallest absolute Gasteiger partial charge is 0.253 e. The molecule has 0 aliphatic carbocycles. The Labute approximate surface area is 161 Å². The molecule has 1 aromatic heterocycles. The predicted molar refractivity (Wildman–Crippen MR) is 106 cm³/mol. The molecule has 0 saturated carbocycles. The number of nitrogens with zero attached hydrogens (tertiary/aromatic N) is 5. The third-order valence-corrected chi connectivity index (χ3v) is 5.78. The maximum atomic E-state index is 12.8. The molecule has 0 atom stereocenters. The van der Waals surface area contributed by atoms with Crippen LogP contribution in [0, 0.1) is 6.92 Å². The first-order valence-corrected chi connectivity index (χ1v) is 10.1. The molecule has 2 aliphatic heterocycles. The van der Waals surface area contributed by atoms with Gasteiger partial charge in [0.05, 0.1) is 5.69 Å². The number of hydrogen-bond donors (Lipinski definition) is 0. The molecule has 0 unspecified atom stereocenters. The Hall–Kier alpha value is -2.18. The van der Waals surface area contributed by atoms with E-state index in [1.165, 1.54) is 32.5 Å². The summed E-state index contributed by atoms with van der Waals surface area (Å²) in [5.74, 6) is 0.137. The van der Waals surface area contributed by atoms with Crippen molar-refractivity contribution in [1.29, 1.82) is 0 Å². The van der Waals surface area contributed by atoms with Gasteiger partial charge in [-0.3, -0.25) is 9.69 Å². The van der Waals surface area contributed by atoms with Crippen LogP contribution in [-0.4, -0.2) is 82.7 Å². The van der Waals surface area contributed by atoms with Gasteiger partial charge >= 0.3 is 0 Å². The van der Waals surface area contributed by atoms with Crippen molar-refractivity contribution in [1.82, 2.24) is 24.5 Å². The van der Waals surface area contributed by atoms with Gasteiger partial charge in [-0.15, -0.1) is 0 Å². The summed E-state index contributed by atoms with van der Waals surface area (Å²) >= 11 is 0. The van der Waals surface area contributed by atoms with Gasteiger partial charge in [-0.1, -0.05) is 0 Å². The number of piperazine rings is 1. The summed E-state index contributed by atoms with van der Waals surface area (Å²) in [5, 5.41) is 4.32. The summed E-state index contributed by atoms with van der Waals surface area (Å²) in [7, 11) is 0. The molecule has 2 aliphatic rings. The molecule has 1 aromatic carbocycles. The highest BCUT2D eigenvalue weighted by molar-refractivity contribution is 5.94. The Kier molecular flexibility index (Phi) is 5.55. The van der Waals surface area contributed by atoms with Crippen molar-refractivity contribution in [2.24, 2.45) is 0 Å². The van der Waals surface area contributed by atoms with Gasteiger partial charge in [-0.2, -0.15) is 5.10 Å². The summed E-state index contributed by atoms with van der Waals surface area (Å²) < 4.78 is 1.88. The summed E-state index contributed by atoms with van der Waals surface area (Å²) in [6.45, 7) is 10.4. The minimum atomic E-state index is 0.137. The second-order valence-electron chi connectivity index (χ2n) is 7.61. The summed E-state index contributed by atoms with van der Waals surface area (Å²) in [6, 6.07) is 9.75. The van der Waals surface area contributed by atoms with Gasteiger partial charge in [0.1, 0.15) is 0 Å². The second kappa shape index (κ2) is 8.23. The molecule has 4 rings (SSSR count). The molecule has 3 heterocycles. The van der Waals surface area contributed by atoms with Crippen LogP contribution in [0.2, 0.25) is 0 Å². The molecule has 27 heavy (non-hydrogen) atoms. The highest BCUT2D eigenvalue weighted by atomic mass is 16.2. The Balaban J connectivity index is 1.29. The second-order valence-corrected chi connectivity index (χ2v) is 7.61. The molecule has 0 spiro atoms. The maximum absolute atomic E-state index is 12.8. The Morgan fingerprint density at radius 3 is 2.11 bits per heavy atom. The molecule has 0 radical (unpaired) electrons. The van der Waals surface area contributed by atoms with Crippen molar-refractivity contribution >= 4 is 5.91 Å². The molecule has 2 aromatic rings. The molecule has 1 amide bonds. The van der Waals surface area contributed by atoms with Crippen LogP contribution in [-0.2, 0) is 0 Å². The Morgan fingerprint density at radius 2 is 1.52 bits per heavy atom. The molecule has 6 heteroatoms. The number of aryl methyl sites for hydroxylation is 1. The number of amides is 1. The van der Waals surface area contributed by atoms with Gasteiger partial charge in [-0.25, -0.2) is 4.68 Å². The zero-order valence-electron chi connectivity index (χ0n) is 16.2. The number of likely N-dealkylation sites (tertiary alicyclic amines) is 1. The van der Waals surface area contributed by atoms with E-state index in [1.807, 2.05) is 46.8 Å². The fourth-order valence-electron chi connectivity index (χ4n) is 4.03. The lowest BCUT2D eigenvalue weighted by Crippen LogP contribution is -2.50. The zero-order valence-corrected chi connectivity index (χ0v) is 16.2. The van der Waals surface area contributed by atoms with Crippen molar-refractivity contribution < 1.29 is 4.79 Å². The van der Waals surface area contributed by atoms with Crippen LogP contribution in [0.4, 0.5) is 0 Å². The average molecular weight is 367 g/mol. The first kappa shape index (κ1) is 18.2. The summed E-state index contributed by atoms with van der Waals surface area (Å²) in [5.41, 5.74) is 2.83. The molecule has 0 bridgehead atoms. The third kappa shape index (κ3) is 4.22. The minimum absolute atomic E-state index is 0.137. The van der Waals surface area contributed by atoms with Crippen molar-refractivity contribution in [2.75, 3.05) is 52.4 Å². The SMILES string of the molecule is Cc1ccnn1-c1ccc(C(=O)N2CCN(CCN3CCCC3)CC2)cc1. The first-order chi connectivity index (χ1) is 13.2. The summed E-state index contributed by atoms with van der Waals surface area (Å²) in [4.78, 5) is 19.8. The van der Waals surface area contributed by atoms with E-state index in [0.717, 1.165) is 49.7 Å². The largest absolute Gasteiger partial charge is 0.336 e. The lowest BCUT2D eigenvalue weighted by molar-refractivity contribution is 0.0626. The van der Waals surface area contributed by atoms with Gasteiger partial charge in [0.25, 0.3) is 5.91 Å². The minimum Gasteiger partial charge on any atom is -0.336 e. The van der Waals surface area contributed by atoms with Gasteiger partial charge in [-0.05, 0) is 63.2 Å². The molecular formula is C21H29N5O. The highest BCUT2D eigenvalue weighted by Crippen LogP contribution is 2.14. The Morgan fingerprint density at radius 1 is 0.889 bits per heavy atom. The van der Waals surface area contributed by atoms with E-state index < -0.39 is 0 Å². The highest BCUT2D eigenvalue weighted by Gasteiger charge is 2.22. The normalized spacial score (nSPS) is 18.9. The molecule has 0 N–H and O–H groups in total. The number of hydrogen-bond acceptors (Lipinski definition) is 4. The molecule has 144 valence electrons. The molecule has 2 saturated heterocycles. The summed E-state index contributed by atoms with van der Waals surface area (Å²) in [6.07, 6.45) is 4.49. The zero-order chi connectivity index (χ0) is 18.6. The van der Waals surface area contributed by atoms with Crippen LogP contribution in [0.3, 0.4) is 0 Å². The predicted octanol–water partition coefficient (Wildman–Crippen LogP) is 2.03. The topological polar surface area (TPSA) is 44.6 Å². The quantitative estimate of drug-likeness (QED) is 0.811. The van der Waals surface area contributed by atoms with Crippen LogP contribution in [0.5, 0.6) is 0 Å². The van der Waals surface area contributed by atoms with E-state index in [4.69, 9.17) is 0 Å². The van der Waals surface area contributed by atoms with Crippen molar-refractivity contribution in [2.45, 2.75) is 19.8 Å². The average Bonchev–Trinajstić information content (AvgIpc) is 3.38. The maximum Gasteiger partial charge on any atom is 0.253 e. The molecule has 2 fully saturated rings. The lowest BCUT2D eigenvalue weighted by atomic mass is 10.1. The van der Waals surface area contributed by atoms with E-state index in [9.17, 15) is 4.79 Å². The monoisotopic (exact) mass is 367 g/mol. The van der Waals surface area contributed by atoms with Crippen molar-refractivity contribution in [3.63, 3.8) is 0 Å². The number of benzene rings is 1. The van der Waals surface area contributed by atoms with E-state index in [-0.39, 0.29) is 5.91 Å². The molecule has 6 nitrogen and oxygen atoms in total.